The van der Waals surface area contributed by atoms with E-state index in [9.17, 15) is 28.1 Å². The van der Waals surface area contributed by atoms with Gasteiger partial charge in [-0.1, -0.05) is 0 Å². The lowest BCUT2D eigenvalue weighted by atomic mass is 10.2. The Morgan fingerprint density at radius 1 is 1.26 bits per heavy atom. The van der Waals surface area contributed by atoms with Gasteiger partial charge >= 0.3 is 12.0 Å². The molecule has 0 aliphatic heterocycles. The van der Waals surface area contributed by atoms with Crippen LogP contribution < -0.4 is 5.32 Å². The van der Waals surface area contributed by atoms with E-state index in [4.69, 9.17) is 0 Å². The Hall–Kier alpha value is -3.21. The minimum Gasteiger partial charge on any atom is -0.358 e. The fourth-order valence-electron chi connectivity index (χ4n) is 2.24. The van der Waals surface area contributed by atoms with Gasteiger partial charge in [0.2, 0.25) is 0 Å². The van der Waals surface area contributed by atoms with Crippen molar-refractivity contribution < 1.29 is 22.9 Å². The molecular weight excluding hydrogens is 385 g/mol. The fraction of sp³-hybridized carbons (Fsp3) is 0.125. The second-order valence-electron chi connectivity index (χ2n) is 5.48. The van der Waals surface area contributed by atoms with Gasteiger partial charge in [-0.3, -0.25) is 4.79 Å². The molecule has 3 aromatic rings. The number of thiophene rings is 1. The van der Waals surface area contributed by atoms with Crippen molar-refractivity contribution in [1.82, 2.24) is 9.78 Å². The van der Waals surface area contributed by atoms with Gasteiger partial charge in [0.15, 0.2) is 0 Å². The molecule has 0 bridgehead atoms. The Morgan fingerprint density at radius 3 is 2.56 bits per heavy atom. The summed E-state index contributed by atoms with van der Waals surface area (Å²) in [6, 6.07) is 7.00. The second kappa shape index (κ2) is 7.19. The number of hydrogen-bond donors (Lipinski definition) is 1. The number of nitrogens with one attached hydrogen (secondary N) is 1. The number of carbonyl (C=O) groups excluding carboxylic acids is 1. The predicted octanol–water partition coefficient (Wildman–Crippen LogP) is 4.17. The van der Waals surface area contributed by atoms with Crippen molar-refractivity contribution in [3.8, 4) is 0 Å². The van der Waals surface area contributed by atoms with Crippen molar-refractivity contribution in [2.75, 3.05) is 5.32 Å². The van der Waals surface area contributed by atoms with Crippen LogP contribution in [0.4, 0.5) is 24.7 Å². The molecule has 0 fully saturated rings. The number of rotatable bonds is 5. The van der Waals surface area contributed by atoms with Crippen LogP contribution in [0.2, 0.25) is 0 Å². The van der Waals surface area contributed by atoms with E-state index < -0.39 is 22.6 Å². The molecular formula is C16H11F3N4O3S. The molecule has 0 aliphatic rings. The van der Waals surface area contributed by atoms with Crippen LogP contribution in [-0.4, -0.2) is 20.6 Å². The highest BCUT2D eigenvalue weighted by Gasteiger charge is 2.30. The van der Waals surface area contributed by atoms with Crippen LogP contribution in [0, 0.1) is 10.1 Å². The van der Waals surface area contributed by atoms with Crippen molar-refractivity contribution in [1.29, 1.82) is 0 Å². The lowest BCUT2D eigenvalue weighted by molar-refractivity contribution is -0.389. The molecule has 0 spiro atoms. The first-order chi connectivity index (χ1) is 12.7. The van der Waals surface area contributed by atoms with E-state index in [0.717, 1.165) is 29.0 Å². The van der Waals surface area contributed by atoms with Crippen LogP contribution in [0.5, 0.6) is 0 Å². The molecule has 0 radical (unpaired) electrons. The number of anilines is 1. The highest BCUT2D eigenvalue weighted by molar-refractivity contribution is 7.12. The van der Waals surface area contributed by atoms with Crippen molar-refractivity contribution in [3.63, 3.8) is 0 Å². The third-order valence-electron chi connectivity index (χ3n) is 3.51. The number of nitrogens with zero attached hydrogens (tertiary/aromatic N) is 3. The first kappa shape index (κ1) is 18.6. The summed E-state index contributed by atoms with van der Waals surface area (Å²) < 4.78 is 39.0. The van der Waals surface area contributed by atoms with Gasteiger partial charge in [-0.2, -0.15) is 17.9 Å². The average Bonchev–Trinajstić information content (AvgIpc) is 3.24. The standard InChI is InChI=1S/C16H11F3N4O3S/c17-16(18,19)11-1-3-12(4-2-11)20-15(24)13-7-10(9-27-13)8-22-6-5-14(21-22)23(25)26/h1-7,9H,8H2,(H,20,24). The van der Waals surface area contributed by atoms with Gasteiger partial charge in [0.1, 0.15) is 0 Å². The van der Waals surface area contributed by atoms with Crippen molar-refractivity contribution in [3.05, 3.63) is 74.1 Å². The largest absolute Gasteiger partial charge is 0.416 e. The van der Waals surface area contributed by atoms with Gasteiger partial charge in [0.25, 0.3) is 5.91 Å². The summed E-state index contributed by atoms with van der Waals surface area (Å²) in [5.74, 6) is -0.733. The number of amides is 1. The van der Waals surface area contributed by atoms with E-state index in [1.54, 1.807) is 11.4 Å². The maximum Gasteiger partial charge on any atom is 0.416 e. The number of benzene rings is 1. The van der Waals surface area contributed by atoms with E-state index >= 15 is 0 Å². The molecule has 27 heavy (non-hydrogen) atoms. The predicted molar refractivity (Wildman–Crippen MR) is 91.7 cm³/mol. The van der Waals surface area contributed by atoms with Crippen LogP contribution >= 0.6 is 11.3 Å². The number of carbonyl (C=O) groups is 1. The molecule has 2 heterocycles. The molecule has 2 aromatic heterocycles. The maximum atomic E-state index is 12.5. The zero-order chi connectivity index (χ0) is 19.6. The summed E-state index contributed by atoms with van der Waals surface area (Å²) >= 11 is 1.15. The minimum atomic E-state index is -4.44. The van der Waals surface area contributed by atoms with Gasteiger partial charge in [0.05, 0.1) is 34.3 Å². The Kier molecular flexibility index (Phi) is 4.95. The number of halogens is 3. The lowest BCUT2D eigenvalue weighted by Gasteiger charge is -2.08. The van der Waals surface area contributed by atoms with Gasteiger partial charge < -0.3 is 15.4 Å². The Bertz CT molecular complexity index is 979. The molecule has 1 amide bonds. The van der Waals surface area contributed by atoms with Crippen molar-refractivity contribution >= 4 is 28.7 Å². The Balaban J connectivity index is 1.65. The number of aromatic nitrogens is 2. The van der Waals surface area contributed by atoms with Gasteiger partial charge in [-0.25, -0.2) is 0 Å². The van der Waals surface area contributed by atoms with Gasteiger partial charge in [-0.05, 0) is 46.2 Å². The summed E-state index contributed by atoms with van der Waals surface area (Å²) in [7, 11) is 0. The molecule has 0 saturated carbocycles. The summed E-state index contributed by atoms with van der Waals surface area (Å²) in [5.41, 5.74) is 0.161. The fourth-order valence-corrected chi connectivity index (χ4v) is 3.03. The van der Waals surface area contributed by atoms with E-state index in [2.05, 4.69) is 10.4 Å². The quantitative estimate of drug-likeness (QED) is 0.518. The molecule has 0 saturated heterocycles. The van der Waals surface area contributed by atoms with Crippen molar-refractivity contribution in [2.45, 2.75) is 12.7 Å². The van der Waals surface area contributed by atoms with E-state index in [-0.39, 0.29) is 18.1 Å². The lowest BCUT2D eigenvalue weighted by Crippen LogP contribution is -2.11. The minimum absolute atomic E-state index is 0.241. The topological polar surface area (TPSA) is 90.1 Å². The van der Waals surface area contributed by atoms with Crippen LogP contribution in [0.15, 0.2) is 48.0 Å². The normalized spacial score (nSPS) is 11.4. The summed E-state index contributed by atoms with van der Waals surface area (Å²) in [5, 5.41) is 18.6. The molecule has 3 rings (SSSR count). The molecule has 1 N–H and O–H groups in total. The van der Waals surface area contributed by atoms with Crippen LogP contribution in [0.3, 0.4) is 0 Å². The smallest absolute Gasteiger partial charge is 0.358 e. The molecule has 140 valence electrons. The monoisotopic (exact) mass is 396 g/mol. The van der Waals surface area contributed by atoms with Crippen LogP contribution in [-0.2, 0) is 12.7 Å². The third kappa shape index (κ3) is 4.50. The second-order valence-corrected chi connectivity index (χ2v) is 6.39. The van der Waals surface area contributed by atoms with Gasteiger partial charge in [0, 0.05) is 5.69 Å². The van der Waals surface area contributed by atoms with Crippen LogP contribution in [0.25, 0.3) is 0 Å². The molecule has 0 atom stereocenters. The number of nitro groups is 1. The number of alkyl halides is 3. The summed E-state index contributed by atoms with van der Waals surface area (Å²) in [6.07, 6.45) is -2.98. The summed E-state index contributed by atoms with van der Waals surface area (Å²) in [6.45, 7) is 0.248. The third-order valence-corrected chi connectivity index (χ3v) is 4.48. The summed E-state index contributed by atoms with van der Waals surface area (Å²) in [4.78, 5) is 22.6. The van der Waals surface area contributed by atoms with E-state index in [0.29, 0.717) is 4.88 Å². The highest BCUT2D eigenvalue weighted by Crippen LogP contribution is 2.30. The van der Waals surface area contributed by atoms with Crippen LogP contribution in [0.1, 0.15) is 20.8 Å². The highest BCUT2D eigenvalue weighted by atomic mass is 32.1. The van der Waals surface area contributed by atoms with E-state index in [1.807, 2.05) is 0 Å². The molecule has 1 aromatic carbocycles. The number of hydrogen-bond acceptors (Lipinski definition) is 5. The van der Waals surface area contributed by atoms with Crippen molar-refractivity contribution in [2.24, 2.45) is 0 Å². The SMILES string of the molecule is O=C(Nc1ccc(C(F)(F)F)cc1)c1cc(Cn2ccc([N+](=O)[O-])n2)cs1. The maximum absolute atomic E-state index is 12.5. The molecule has 0 aliphatic carbocycles. The van der Waals surface area contributed by atoms with E-state index in [1.165, 1.54) is 29.1 Å². The van der Waals surface area contributed by atoms with Gasteiger partial charge in [-0.15, -0.1) is 11.3 Å². The molecule has 7 nitrogen and oxygen atoms in total. The molecule has 0 unspecified atom stereocenters. The first-order valence-corrected chi connectivity index (χ1v) is 8.34. The Morgan fingerprint density at radius 2 is 1.96 bits per heavy atom. The average molecular weight is 396 g/mol. The zero-order valence-electron chi connectivity index (χ0n) is 13.4. The molecule has 11 heteroatoms. The first-order valence-electron chi connectivity index (χ1n) is 7.46. The Labute approximate surface area is 154 Å². The zero-order valence-corrected chi connectivity index (χ0v) is 14.3.